The molecule has 0 amide bonds. The number of aryl methyl sites for hydroxylation is 1. The minimum Gasteiger partial charge on any atom is -0.458 e. The first-order valence-electron chi connectivity index (χ1n) is 12.3. The summed E-state index contributed by atoms with van der Waals surface area (Å²) in [4.78, 5) is 30.1. The van der Waals surface area contributed by atoms with Gasteiger partial charge in [-0.05, 0) is 48.9 Å². The fourth-order valence-electron chi connectivity index (χ4n) is 6.03. The van der Waals surface area contributed by atoms with Gasteiger partial charge in [-0.15, -0.1) is 6.58 Å². The second-order valence-corrected chi connectivity index (χ2v) is 9.37. The highest BCUT2D eigenvalue weighted by Gasteiger charge is 2.41. The maximum absolute atomic E-state index is 14.9. The summed E-state index contributed by atoms with van der Waals surface area (Å²) in [6.45, 7) is 9.85. The predicted octanol–water partition coefficient (Wildman–Crippen LogP) is 3.74. The number of halogens is 1. The molecule has 188 valence electrons. The topological polar surface area (TPSA) is 102 Å². The minimum atomic E-state index is -1.54. The molecule has 36 heavy (non-hydrogen) atoms. The number of hydrogen-bond donors (Lipinski definition) is 2. The molecule has 4 heterocycles. The molecule has 0 radical (unpaired) electrons. The van der Waals surface area contributed by atoms with Gasteiger partial charge < -0.3 is 19.5 Å². The molecule has 2 unspecified atom stereocenters. The van der Waals surface area contributed by atoms with Crippen molar-refractivity contribution in [1.29, 1.82) is 0 Å². The lowest BCUT2D eigenvalue weighted by atomic mass is 9.66. The van der Waals surface area contributed by atoms with E-state index in [1.165, 1.54) is 6.07 Å². The van der Waals surface area contributed by atoms with Crippen LogP contribution in [-0.2, 0) is 34.5 Å². The second kappa shape index (κ2) is 8.64. The zero-order valence-corrected chi connectivity index (χ0v) is 20.7. The number of benzene rings is 1. The lowest BCUT2D eigenvalue weighted by Crippen LogP contribution is -2.33. The molecule has 1 aliphatic carbocycles. The van der Waals surface area contributed by atoms with E-state index >= 15 is 0 Å². The maximum atomic E-state index is 14.9. The van der Waals surface area contributed by atoms with E-state index in [-0.39, 0.29) is 42.3 Å². The van der Waals surface area contributed by atoms with Crippen molar-refractivity contribution in [3.8, 4) is 11.4 Å². The van der Waals surface area contributed by atoms with E-state index in [0.29, 0.717) is 41.7 Å². The van der Waals surface area contributed by atoms with Gasteiger partial charge in [-0.3, -0.25) is 4.79 Å². The van der Waals surface area contributed by atoms with E-state index in [2.05, 4.69) is 6.58 Å². The van der Waals surface area contributed by atoms with Gasteiger partial charge in [0.25, 0.3) is 5.56 Å². The molecular formula is C28H29FN2O5. The zero-order valence-electron chi connectivity index (χ0n) is 20.7. The van der Waals surface area contributed by atoms with Crippen molar-refractivity contribution in [3.05, 3.63) is 74.3 Å². The van der Waals surface area contributed by atoms with Crippen LogP contribution in [0, 0.1) is 12.7 Å². The summed E-state index contributed by atoms with van der Waals surface area (Å²) in [7, 11) is 0. The van der Waals surface area contributed by atoms with Gasteiger partial charge in [-0.2, -0.15) is 0 Å². The van der Waals surface area contributed by atoms with Gasteiger partial charge in [0.05, 0.1) is 29.0 Å². The van der Waals surface area contributed by atoms with Crippen LogP contribution < -0.4 is 5.56 Å². The molecule has 0 saturated carbocycles. The molecule has 7 nitrogen and oxygen atoms in total. The van der Waals surface area contributed by atoms with E-state index in [0.717, 1.165) is 22.1 Å². The normalized spacial score (nSPS) is 21.2. The number of fused-ring (bicyclic) bond motifs is 5. The quantitative estimate of drug-likeness (QED) is 0.334. The number of aliphatic hydroxyl groups is 2. The highest BCUT2D eigenvalue weighted by molar-refractivity contribution is 5.94. The number of ether oxygens (including phenoxy) is 1. The maximum Gasteiger partial charge on any atom is 0.340 e. The van der Waals surface area contributed by atoms with Gasteiger partial charge in [0.1, 0.15) is 12.4 Å². The molecule has 2 aromatic heterocycles. The molecule has 3 aliphatic rings. The average molecular weight is 493 g/mol. The van der Waals surface area contributed by atoms with E-state index in [9.17, 15) is 24.2 Å². The number of aliphatic hydroxyl groups excluding tert-OH is 2. The molecule has 2 N–H and O–H groups in total. The minimum absolute atomic E-state index is 0.0487. The van der Waals surface area contributed by atoms with Crippen molar-refractivity contribution < 1.29 is 24.1 Å². The van der Waals surface area contributed by atoms with E-state index in [1.807, 2.05) is 19.9 Å². The largest absolute Gasteiger partial charge is 0.458 e. The van der Waals surface area contributed by atoms with Crippen molar-refractivity contribution in [2.24, 2.45) is 0 Å². The number of aromatic nitrogens is 2. The Morgan fingerprint density at radius 3 is 2.72 bits per heavy atom. The third-order valence-corrected chi connectivity index (χ3v) is 7.84. The number of rotatable bonds is 3. The van der Waals surface area contributed by atoms with Gasteiger partial charge in [-0.1, -0.05) is 19.9 Å². The number of pyridine rings is 2. The van der Waals surface area contributed by atoms with Crippen molar-refractivity contribution in [1.82, 2.24) is 9.55 Å². The number of cyclic esters (lactones) is 1. The van der Waals surface area contributed by atoms with Crippen LogP contribution in [0.15, 0.2) is 29.6 Å². The first-order valence-corrected chi connectivity index (χ1v) is 12.3. The van der Waals surface area contributed by atoms with Crippen LogP contribution in [0.1, 0.15) is 66.2 Å². The van der Waals surface area contributed by atoms with E-state index in [1.54, 1.807) is 17.6 Å². The first kappa shape index (κ1) is 24.3. The number of esters is 1. The summed E-state index contributed by atoms with van der Waals surface area (Å²) in [5.41, 5.74) is 4.27. The Morgan fingerprint density at radius 1 is 1.28 bits per heavy atom. The van der Waals surface area contributed by atoms with Gasteiger partial charge in [0.15, 0.2) is 6.10 Å². The van der Waals surface area contributed by atoms with Crippen molar-refractivity contribution in [2.75, 3.05) is 6.61 Å². The Kier molecular flexibility index (Phi) is 5.84. The summed E-state index contributed by atoms with van der Waals surface area (Å²) >= 11 is 0. The predicted molar refractivity (Wildman–Crippen MR) is 133 cm³/mol. The Hall–Kier alpha value is -3.36. The highest BCUT2D eigenvalue weighted by Crippen LogP contribution is 2.50. The van der Waals surface area contributed by atoms with Crippen LogP contribution >= 0.6 is 0 Å². The molecule has 0 saturated heterocycles. The van der Waals surface area contributed by atoms with Crippen molar-refractivity contribution in [3.63, 3.8) is 0 Å². The Labute approximate surface area is 207 Å². The fourth-order valence-corrected chi connectivity index (χ4v) is 6.03. The molecule has 0 spiro atoms. The zero-order chi connectivity index (χ0) is 25.9. The third-order valence-electron chi connectivity index (χ3n) is 7.84. The van der Waals surface area contributed by atoms with Crippen LogP contribution in [0.3, 0.4) is 0 Å². The number of nitrogens with zero attached hydrogens (tertiary/aromatic N) is 2. The summed E-state index contributed by atoms with van der Waals surface area (Å²) in [6, 6.07) is 3.04. The molecule has 3 aromatic rings. The Bertz CT molecular complexity index is 1510. The molecule has 0 fully saturated rings. The fraction of sp³-hybridized carbons (Fsp3) is 0.393. The SMILES string of the molecule is C=CC1(CCO)CCc2c(C)c(F)cc3nc4c(c1c23)Cn1c-4cc2c(c1=O)COC(=O)C2O.CC. The van der Waals surface area contributed by atoms with E-state index < -0.39 is 17.5 Å². The van der Waals surface area contributed by atoms with Gasteiger partial charge in [0, 0.05) is 34.6 Å². The Morgan fingerprint density at radius 2 is 2.03 bits per heavy atom. The molecular weight excluding hydrogens is 463 g/mol. The van der Waals surface area contributed by atoms with Crippen LogP contribution in [0.25, 0.3) is 22.3 Å². The standard InChI is InChI=1S/C26H23FN2O5.C2H6/c1-3-26(6-7-30)5-4-13-12(2)17(27)9-18-20(13)21(26)15-10-29-19(22(15)28-18)8-14-16(24(29)32)11-34-25(33)23(14)31;1-2/h3,8-9,23,30-31H,1,4-7,10-11H2,2H3;1-2H3. The second-order valence-electron chi connectivity index (χ2n) is 9.37. The van der Waals surface area contributed by atoms with Gasteiger partial charge in [0.2, 0.25) is 0 Å². The monoisotopic (exact) mass is 492 g/mol. The molecule has 6 rings (SSSR count). The number of carbonyl (C=O) groups is 1. The van der Waals surface area contributed by atoms with Crippen LogP contribution in [-0.4, -0.2) is 32.3 Å². The third kappa shape index (κ3) is 3.14. The molecule has 1 aromatic carbocycles. The summed E-state index contributed by atoms with van der Waals surface area (Å²) in [5, 5.41) is 21.2. The van der Waals surface area contributed by atoms with Gasteiger partial charge in [-0.25, -0.2) is 14.2 Å². The summed E-state index contributed by atoms with van der Waals surface area (Å²) < 4.78 is 21.4. The van der Waals surface area contributed by atoms with Gasteiger partial charge >= 0.3 is 5.97 Å². The molecule has 0 bridgehead atoms. The van der Waals surface area contributed by atoms with Crippen molar-refractivity contribution >= 4 is 16.9 Å². The summed E-state index contributed by atoms with van der Waals surface area (Å²) in [6.07, 6.45) is 2.04. The van der Waals surface area contributed by atoms with E-state index in [4.69, 9.17) is 9.72 Å². The van der Waals surface area contributed by atoms with Crippen LogP contribution in [0.5, 0.6) is 0 Å². The molecule has 8 heteroatoms. The highest BCUT2D eigenvalue weighted by atomic mass is 19.1. The van der Waals surface area contributed by atoms with Crippen LogP contribution in [0.4, 0.5) is 4.39 Å². The number of allylic oxidation sites excluding steroid dienone is 1. The number of hydrogen-bond acceptors (Lipinski definition) is 6. The smallest absolute Gasteiger partial charge is 0.340 e. The summed E-state index contributed by atoms with van der Waals surface area (Å²) in [5.74, 6) is -1.14. The number of carbonyl (C=O) groups excluding carboxylic acids is 1. The lowest BCUT2D eigenvalue weighted by molar-refractivity contribution is -0.157. The first-order chi connectivity index (χ1) is 17.3. The van der Waals surface area contributed by atoms with Crippen LogP contribution in [0.2, 0.25) is 0 Å². The Balaban J connectivity index is 0.00000130. The van der Waals surface area contributed by atoms with Crippen molar-refractivity contribution in [2.45, 2.75) is 64.7 Å². The molecule has 2 aliphatic heterocycles. The average Bonchev–Trinajstić information content (AvgIpc) is 3.25. The molecule has 2 atom stereocenters. The lowest BCUT2D eigenvalue weighted by Gasteiger charge is -2.38.